The molecule has 0 aliphatic carbocycles. The molecule has 1 aliphatic heterocycles. The Morgan fingerprint density at radius 2 is 2.03 bits per heavy atom. The molecule has 0 unspecified atom stereocenters. The van der Waals surface area contributed by atoms with Crippen LogP contribution in [0.4, 0.5) is 0 Å². The van der Waals surface area contributed by atoms with Gasteiger partial charge in [0.1, 0.15) is 18.4 Å². The van der Waals surface area contributed by atoms with Crippen LogP contribution in [0.1, 0.15) is 35.9 Å². The fourth-order valence-corrected chi connectivity index (χ4v) is 6.73. The monoisotopic (exact) mass is 628 g/mol. The Labute approximate surface area is 240 Å². The van der Waals surface area contributed by atoms with E-state index in [0.29, 0.717) is 38.0 Å². The molecule has 0 bridgehead atoms. The van der Waals surface area contributed by atoms with E-state index >= 15 is 0 Å². The first-order valence-corrected chi connectivity index (χ1v) is 14.6. The minimum absolute atomic E-state index is 0.211. The van der Waals surface area contributed by atoms with Gasteiger partial charge in [0.05, 0.1) is 26.9 Å². The molecule has 0 saturated heterocycles. The topological polar surface area (TPSA) is 69.9 Å². The Kier molecular flexibility index (Phi) is 7.99. The standard InChI is InChI=1S/C28H22BrClN2O4S2/c1-3-35-27(34)24-16(2)31-28-32(25(24)22-9-6-12-37-22)26(33)23(38-28)14-17-10-11-21(19(29)13-17)36-15-18-7-4-5-8-20(18)30/h4-14,25H,3,15H2,1-2H3/b23-14-/t25-/m0/s1. The molecule has 0 saturated carbocycles. The van der Waals surface area contributed by atoms with Crippen molar-refractivity contribution in [3.63, 3.8) is 0 Å². The van der Waals surface area contributed by atoms with Crippen LogP contribution < -0.4 is 19.6 Å². The number of hydrogen-bond acceptors (Lipinski definition) is 7. The van der Waals surface area contributed by atoms with Gasteiger partial charge in [0.15, 0.2) is 4.80 Å². The zero-order valence-corrected chi connectivity index (χ0v) is 24.4. The van der Waals surface area contributed by atoms with Crippen molar-refractivity contribution in [2.24, 2.45) is 4.99 Å². The Morgan fingerprint density at radius 3 is 2.74 bits per heavy atom. The van der Waals surface area contributed by atoms with Gasteiger partial charge >= 0.3 is 5.97 Å². The summed E-state index contributed by atoms with van der Waals surface area (Å²) >= 11 is 12.6. The molecule has 10 heteroatoms. The van der Waals surface area contributed by atoms with E-state index in [1.165, 1.54) is 22.7 Å². The van der Waals surface area contributed by atoms with Crippen molar-refractivity contribution in [3.8, 4) is 5.75 Å². The molecule has 38 heavy (non-hydrogen) atoms. The van der Waals surface area contributed by atoms with E-state index < -0.39 is 12.0 Å². The summed E-state index contributed by atoms with van der Waals surface area (Å²) in [5, 5.41) is 2.58. The predicted octanol–water partition coefficient (Wildman–Crippen LogP) is 5.85. The van der Waals surface area contributed by atoms with Crippen LogP contribution >= 0.6 is 50.2 Å². The predicted molar refractivity (Wildman–Crippen MR) is 155 cm³/mol. The van der Waals surface area contributed by atoms with Gasteiger partial charge in [-0.15, -0.1) is 11.3 Å². The normalized spacial score (nSPS) is 15.3. The zero-order chi connectivity index (χ0) is 26.8. The summed E-state index contributed by atoms with van der Waals surface area (Å²) in [6.45, 7) is 4.11. The van der Waals surface area contributed by atoms with Crippen LogP contribution in [0, 0.1) is 0 Å². The molecule has 4 aromatic rings. The maximum atomic E-state index is 13.7. The second-order valence-electron chi connectivity index (χ2n) is 8.39. The van der Waals surface area contributed by atoms with Gasteiger partial charge < -0.3 is 9.47 Å². The number of carbonyl (C=O) groups is 1. The van der Waals surface area contributed by atoms with Crippen molar-refractivity contribution in [2.75, 3.05) is 6.61 Å². The first kappa shape index (κ1) is 26.6. The average molecular weight is 630 g/mol. The number of allylic oxidation sites excluding steroid dienone is 1. The highest BCUT2D eigenvalue weighted by Crippen LogP contribution is 2.33. The summed E-state index contributed by atoms with van der Waals surface area (Å²) in [6.07, 6.45) is 1.82. The van der Waals surface area contributed by atoms with Crippen LogP contribution in [0.15, 0.2) is 85.5 Å². The molecule has 5 rings (SSSR count). The Morgan fingerprint density at radius 1 is 1.21 bits per heavy atom. The summed E-state index contributed by atoms with van der Waals surface area (Å²) in [6, 6.07) is 16.4. The molecule has 6 nitrogen and oxygen atoms in total. The van der Waals surface area contributed by atoms with Crippen molar-refractivity contribution in [1.29, 1.82) is 0 Å². The zero-order valence-electron chi connectivity index (χ0n) is 20.4. The Bertz CT molecular complexity index is 1720. The lowest BCUT2D eigenvalue weighted by Gasteiger charge is -2.23. The summed E-state index contributed by atoms with van der Waals surface area (Å²) in [5.41, 5.74) is 2.44. The van der Waals surface area contributed by atoms with Crippen molar-refractivity contribution >= 4 is 62.2 Å². The SMILES string of the molecule is CCOC(=O)C1=C(C)N=c2s/c(=C\c3ccc(OCc4ccccc4Cl)c(Br)c3)c(=O)n2[C@H]1c1cccs1. The van der Waals surface area contributed by atoms with Crippen LogP contribution in [-0.2, 0) is 16.1 Å². The van der Waals surface area contributed by atoms with Gasteiger partial charge in [-0.3, -0.25) is 9.36 Å². The van der Waals surface area contributed by atoms with E-state index in [2.05, 4.69) is 20.9 Å². The average Bonchev–Trinajstić information content (AvgIpc) is 3.52. The molecule has 0 spiro atoms. The van der Waals surface area contributed by atoms with Gasteiger partial charge in [0.2, 0.25) is 0 Å². The Hall–Kier alpha value is -2.98. The highest BCUT2D eigenvalue weighted by Gasteiger charge is 2.33. The second kappa shape index (κ2) is 11.4. The van der Waals surface area contributed by atoms with E-state index in [1.807, 2.05) is 66.1 Å². The number of rotatable bonds is 7. The number of carbonyl (C=O) groups excluding carboxylic acids is 1. The molecule has 0 fully saturated rings. The number of thiazole rings is 1. The lowest BCUT2D eigenvalue weighted by molar-refractivity contribution is -0.139. The van der Waals surface area contributed by atoms with E-state index in [0.717, 1.165) is 20.5 Å². The van der Waals surface area contributed by atoms with Crippen molar-refractivity contribution in [3.05, 3.63) is 116 Å². The third-order valence-electron chi connectivity index (χ3n) is 5.92. The number of fused-ring (bicyclic) bond motifs is 1. The minimum Gasteiger partial charge on any atom is -0.488 e. The van der Waals surface area contributed by atoms with Gasteiger partial charge in [-0.2, -0.15) is 0 Å². The van der Waals surface area contributed by atoms with Crippen molar-refractivity contribution < 1.29 is 14.3 Å². The van der Waals surface area contributed by atoms with Crippen molar-refractivity contribution in [1.82, 2.24) is 4.57 Å². The first-order chi connectivity index (χ1) is 18.4. The number of benzene rings is 2. The minimum atomic E-state index is -0.584. The highest BCUT2D eigenvalue weighted by atomic mass is 79.9. The molecule has 194 valence electrons. The first-order valence-electron chi connectivity index (χ1n) is 11.8. The lowest BCUT2D eigenvalue weighted by atomic mass is 10.0. The summed E-state index contributed by atoms with van der Waals surface area (Å²) in [5.74, 6) is 0.202. The number of hydrogen-bond donors (Lipinski definition) is 0. The quantitative estimate of drug-likeness (QED) is 0.241. The number of esters is 1. The number of halogens is 2. The fraction of sp³-hybridized carbons (Fsp3) is 0.179. The van der Waals surface area contributed by atoms with Crippen molar-refractivity contribution in [2.45, 2.75) is 26.5 Å². The van der Waals surface area contributed by atoms with Crippen LogP contribution in [0.3, 0.4) is 0 Å². The highest BCUT2D eigenvalue weighted by molar-refractivity contribution is 9.10. The van der Waals surface area contributed by atoms with Gasteiger partial charge in [0, 0.05) is 15.5 Å². The summed E-state index contributed by atoms with van der Waals surface area (Å²) in [4.78, 5) is 32.6. The third-order valence-corrected chi connectivity index (χ3v) is 8.82. The molecular formula is C28H22BrClN2O4S2. The molecule has 1 aliphatic rings. The van der Waals surface area contributed by atoms with E-state index in [9.17, 15) is 9.59 Å². The van der Waals surface area contributed by atoms with E-state index in [1.54, 1.807) is 18.4 Å². The second-order valence-corrected chi connectivity index (χ2v) is 11.6. The largest absolute Gasteiger partial charge is 0.488 e. The van der Waals surface area contributed by atoms with Gasteiger partial charge in [-0.05, 0) is 71.1 Å². The van der Waals surface area contributed by atoms with E-state index in [4.69, 9.17) is 21.1 Å². The fourth-order valence-electron chi connectivity index (χ4n) is 4.15. The molecule has 0 N–H and O–H groups in total. The molecule has 0 radical (unpaired) electrons. The number of thiophene rings is 1. The number of ether oxygens (including phenoxy) is 2. The molecule has 1 atom stereocenters. The molecule has 2 aromatic heterocycles. The lowest BCUT2D eigenvalue weighted by Crippen LogP contribution is -2.39. The van der Waals surface area contributed by atoms with Crippen LogP contribution in [0.25, 0.3) is 6.08 Å². The Balaban J connectivity index is 1.50. The summed E-state index contributed by atoms with van der Waals surface area (Å²) < 4.78 is 14.1. The van der Waals surface area contributed by atoms with Gasteiger partial charge in [-0.25, -0.2) is 9.79 Å². The smallest absolute Gasteiger partial charge is 0.338 e. The maximum absolute atomic E-state index is 13.7. The molecule has 3 heterocycles. The van der Waals surface area contributed by atoms with Crippen LogP contribution in [-0.4, -0.2) is 17.1 Å². The number of aromatic nitrogens is 1. The van der Waals surface area contributed by atoms with Crippen LogP contribution in [0.2, 0.25) is 5.02 Å². The molecule has 0 amide bonds. The van der Waals surface area contributed by atoms with Gasteiger partial charge in [0.25, 0.3) is 5.56 Å². The summed E-state index contributed by atoms with van der Waals surface area (Å²) in [7, 11) is 0. The van der Waals surface area contributed by atoms with Crippen LogP contribution in [0.5, 0.6) is 5.75 Å². The maximum Gasteiger partial charge on any atom is 0.338 e. The molecule has 2 aromatic carbocycles. The van der Waals surface area contributed by atoms with Gasteiger partial charge in [-0.1, -0.05) is 53.3 Å². The molecular weight excluding hydrogens is 608 g/mol. The van der Waals surface area contributed by atoms with E-state index in [-0.39, 0.29) is 12.2 Å². The number of nitrogens with zero attached hydrogens (tertiary/aromatic N) is 2. The third kappa shape index (κ3) is 5.29.